The van der Waals surface area contributed by atoms with Gasteiger partial charge in [0.25, 0.3) is 11.6 Å². The van der Waals surface area contributed by atoms with Gasteiger partial charge in [-0.15, -0.1) is 10.2 Å². The van der Waals surface area contributed by atoms with E-state index in [9.17, 15) is 19.7 Å². The van der Waals surface area contributed by atoms with E-state index in [-0.39, 0.29) is 34.2 Å². The summed E-state index contributed by atoms with van der Waals surface area (Å²) in [4.78, 5) is 36.1. The van der Waals surface area contributed by atoms with Gasteiger partial charge in [-0.05, 0) is 43.5 Å². The van der Waals surface area contributed by atoms with Gasteiger partial charge in [0.15, 0.2) is 11.0 Å². The van der Waals surface area contributed by atoms with Crippen molar-refractivity contribution < 1.29 is 14.5 Å². The Morgan fingerprint density at radius 2 is 1.89 bits per heavy atom. The molecule has 0 aliphatic rings. The average Bonchev–Trinajstić information content (AvgIpc) is 3.24. The minimum atomic E-state index is -0.514. The van der Waals surface area contributed by atoms with Gasteiger partial charge in [-0.3, -0.25) is 19.7 Å². The van der Waals surface area contributed by atoms with E-state index in [0.717, 1.165) is 0 Å². The van der Waals surface area contributed by atoms with Crippen LogP contribution >= 0.6 is 35.0 Å². The molecule has 0 saturated heterocycles. The summed E-state index contributed by atoms with van der Waals surface area (Å²) in [5.41, 5.74) is 1.27. The number of rotatable bonds is 10. The van der Waals surface area contributed by atoms with E-state index in [0.29, 0.717) is 39.4 Å². The summed E-state index contributed by atoms with van der Waals surface area (Å²) < 4.78 is 1.84. The number of hydrogen-bond acceptors (Lipinski definition) is 7. The summed E-state index contributed by atoms with van der Waals surface area (Å²) in [6.07, 6.45) is 0. The SMILES string of the molecule is CCn1c(SCC(=O)Nc2cc([N+](=O)[O-])ccc2C)nnc1[C@@H](NC(=O)c1ccc(Cl)cc1Cl)C(C)C. The van der Waals surface area contributed by atoms with Crippen LogP contribution in [0.25, 0.3) is 0 Å². The number of amides is 2. The quantitative estimate of drug-likeness (QED) is 0.184. The Morgan fingerprint density at radius 1 is 1.16 bits per heavy atom. The molecular weight excluding hydrogens is 539 g/mol. The summed E-state index contributed by atoms with van der Waals surface area (Å²) in [5.74, 6) is -0.172. The lowest BCUT2D eigenvalue weighted by atomic mass is 10.0. The third-order valence-corrected chi connectivity index (χ3v) is 7.02. The van der Waals surface area contributed by atoms with E-state index in [2.05, 4.69) is 20.8 Å². The average molecular weight is 565 g/mol. The number of halogens is 2. The number of nitrogens with zero attached hydrogens (tertiary/aromatic N) is 4. The predicted molar refractivity (Wildman–Crippen MR) is 144 cm³/mol. The van der Waals surface area contributed by atoms with Crippen LogP contribution in [-0.2, 0) is 11.3 Å². The van der Waals surface area contributed by atoms with Crippen molar-refractivity contribution in [3.63, 3.8) is 0 Å². The number of non-ortho nitro benzene ring substituents is 1. The molecular formula is C24H26Cl2N6O4S. The number of anilines is 1. The molecule has 196 valence electrons. The topological polar surface area (TPSA) is 132 Å². The number of carbonyl (C=O) groups excluding carboxylic acids is 2. The molecule has 2 N–H and O–H groups in total. The van der Waals surface area contributed by atoms with Crippen LogP contribution in [0.15, 0.2) is 41.6 Å². The first kappa shape index (κ1) is 28.4. The maximum atomic E-state index is 13.0. The number of thioether (sulfide) groups is 1. The van der Waals surface area contributed by atoms with Crippen molar-refractivity contribution in [3.05, 3.63) is 73.5 Å². The van der Waals surface area contributed by atoms with Gasteiger partial charge in [0.2, 0.25) is 5.91 Å². The monoisotopic (exact) mass is 564 g/mol. The fourth-order valence-corrected chi connectivity index (χ4v) is 4.83. The molecule has 0 aliphatic carbocycles. The number of carbonyl (C=O) groups is 2. The first-order valence-electron chi connectivity index (χ1n) is 11.4. The summed E-state index contributed by atoms with van der Waals surface area (Å²) in [6.45, 7) is 8.08. The molecule has 0 unspecified atom stereocenters. The van der Waals surface area contributed by atoms with Gasteiger partial charge in [0.05, 0.1) is 33.0 Å². The van der Waals surface area contributed by atoms with Crippen molar-refractivity contribution in [2.75, 3.05) is 11.1 Å². The predicted octanol–water partition coefficient (Wildman–Crippen LogP) is 5.68. The maximum absolute atomic E-state index is 13.0. The van der Waals surface area contributed by atoms with Gasteiger partial charge in [-0.2, -0.15) is 0 Å². The van der Waals surface area contributed by atoms with Crippen molar-refractivity contribution in [1.82, 2.24) is 20.1 Å². The fraction of sp³-hybridized carbons (Fsp3) is 0.333. The highest BCUT2D eigenvalue weighted by Crippen LogP contribution is 2.28. The first-order valence-corrected chi connectivity index (χ1v) is 13.1. The molecule has 0 radical (unpaired) electrons. The minimum Gasteiger partial charge on any atom is -0.342 e. The normalized spacial score (nSPS) is 11.9. The number of hydrogen-bond donors (Lipinski definition) is 2. The molecule has 0 aliphatic heterocycles. The Labute approximate surface area is 228 Å². The van der Waals surface area contributed by atoms with Gasteiger partial charge < -0.3 is 15.2 Å². The van der Waals surface area contributed by atoms with Gasteiger partial charge in [-0.25, -0.2) is 0 Å². The Balaban J connectivity index is 1.74. The second kappa shape index (κ2) is 12.4. The Bertz CT molecular complexity index is 1330. The maximum Gasteiger partial charge on any atom is 0.271 e. The zero-order chi connectivity index (χ0) is 27.3. The van der Waals surface area contributed by atoms with E-state index in [1.807, 2.05) is 25.3 Å². The number of aromatic nitrogens is 3. The van der Waals surface area contributed by atoms with E-state index in [1.165, 1.54) is 30.0 Å². The first-order chi connectivity index (χ1) is 17.5. The standard InChI is InChI=1S/C24H26Cl2N6O4S/c1-5-31-22(21(13(2)3)28-23(34)17-9-7-15(25)10-18(17)26)29-30-24(31)37-12-20(33)27-19-11-16(32(35)36)8-6-14(19)4/h6-11,13,21H,5,12H2,1-4H3,(H,27,33)(H,28,34)/t21-/m0/s1. The van der Waals surface area contributed by atoms with Crippen LogP contribution in [-0.4, -0.2) is 37.3 Å². The van der Waals surface area contributed by atoms with E-state index in [4.69, 9.17) is 23.2 Å². The van der Waals surface area contributed by atoms with Gasteiger partial charge in [-0.1, -0.05) is 54.9 Å². The van der Waals surface area contributed by atoms with Crippen LogP contribution in [0.3, 0.4) is 0 Å². The lowest BCUT2D eigenvalue weighted by Crippen LogP contribution is -2.34. The zero-order valence-corrected chi connectivity index (χ0v) is 22.9. The van der Waals surface area contributed by atoms with Crippen molar-refractivity contribution in [2.24, 2.45) is 5.92 Å². The van der Waals surface area contributed by atoms with Crippen LogP contribution in [0.5, 0.6) is 0 Å². The lowest BCUT2D eigenvalue weighted by Gasteiger charge is -2.22. The highest BCUT2D eigenvalue weighted by Gasteiger charge is 2.27. The number of aryl methyl sites for hydroxylation is 1. The molecule has 13 heteroatoms. The number of nitro benzene ring substituents is 1. The lowest BCUT2D eigenvalue weighted by molar-refractivity contribution is -0.384. The Morgan fingerprint density at radius 3 is 2.51 bits per heavy atom. The molecule has 0 saturated carbocycles. The molecule has 1 heterocycles. The van der Waals surface area contributed by atoms with Crippen LogP contribution in [0.4, 0.5) is 11.4 Å². The second-order valence-corrected chi connectivity index (χ2v) is 10.3. The molecule has 0 spiro atoms. The van der Waals surface area contributed by atoms with Gasteiger partial charge in [0, 0.05) is 23.7 Å². The molecule has 10 nitrogen and oxygen atoms in total. The summed E-state index contributed by atoms with van der Waals surface area (Å²) in [5, 5.41) is 26.5. The highest BCUT2D eigenvalue weighted by molar-refractivity contribution is 7.99. The number of nitro groups is 1. The molecule has 2 aromatic carbocycles. The van der Waals surface area contributed by atoms with Crippen LogP contribution < -0.4 is 10.6 Å². The third kappa shape index (κ3) is 7.00. The van der Waals surface area contributed by atoms with E-state index >= 15 is 0 Å². The Hall–Kier alpha value is -3.15. The number of nitrogens with one attached hydrogen (secondary N) is 2. The molecule has 1 aromatic heterocycles. The van der Waals surface area contributed by atoms with Crippen molar-refractivity contribution in [3.8, 4) is 0 Å². The highest BCUT2D eigenvalue weighted by atomic mass is 35.5. The van der Waals surface area contributed by atoms with Gasteiger partial charge >= 0.3 is 0 Å². The van der Waals surface area contributed by atoms with E-state index < -0.39 is 11.0 Å². The second-order valence-electron chi connectivity index (χ2n) is 8.50. The van der Waals surface area contributed by atoms with Crippen molar-refractivity contribution >= 4 is 58.2 Å². The van der Waals surface area contributed by atoms with Crippen LogP contribution in [0.1, 0.15) is 48.6 Å². The fourth-order valence-electron chi connectivity index (χ4n) is 3.53. The van der Waals surface area contributed by atoms with Crippen LogP contribution in [0, 0.1) is 23.0 Å². The largest absolute Gasteiger partial charge is 0.342 e. The van der Waals surface area contributed by atoms with E-state index in [1.54, 1.807) is 25.1 Å². The molecule has 2 amide bonds. The Kier molecular flexibility index (Phi) is 9.52. The zero-order valence-electron chi connectivity index (χ0n) is 20.6. The summed E-state index contributed by atoms with van der Waals surface area (Å²) in [6, 6.07) is 8.48. The smallest absolute Gasteiger partial charge is 0.271 e. The molecule has 3 aromatic rings. The van der Waals surface area contributed by atoms with Crippen molar-refractivity contribution in [1.29, 1.82) is 0 Å². The molecule has 0 bridgehead atoms. The molecule has 37 heavy (non-hydrogen) atoms. The summed E-state index contributed by atoms with van der Waals surface area (Å²) in [7, 11) is 0. The van der Waals surface area contributed by atoms with Crippen LogP contribution in [0.2, 0.25) is 10.0 Å². The number of benzene rings is 2. The minimum absolute atomic E-state index is 0.0132. The summed E-state index contributed by atoms with van der Waals surface area (Å²) >= 11 is 13.3. The molecule has 1 atom stereocenters. The van der Waals surface area contributed by atoms with Gasteiger partial charge in [0.1, 0.15) is 0 Å². The third-order valence-electron chi connectivity index (χ3n) is 5.51. The molecule has 0 fully saturated rings. The molecule has 3 rings (SSSR count). The van der Waals surface area contributed by atoms with Crippen molar-refractivity contribution in [2.45, 2.75) is 45.4 Å².